The van der Waals surface area contributed by atoms with E-state index in [1.165, 1.54) is 0 Å². The van der Waals surface area contributed by atoms with Crippen LogP contribution >= 0.6 is 0 Å². The van der Waals surface area contributed by atoms with Crippen molar-refractivity contribution < 1.29 is 22.6 Å². The molecule has 52 valence electrons. The number of hydrogen-bond acceptors (Lipinski definition) is 4. The largest absolute Gasteiger partial charge is 0.385 e. The number of carbonyl (C=O) groups excluding carboxylic acids is 1. The fraction of sp³-hybridized carbons (Fsp3) is 0.500. The first-order valence-electron chi connectivity index (χ1n) is 1.95. The second-order valence-electron chi connectivity index (χ2n) is 1.37. The molecule has 7 heteroatoms. The maximum atomic E-state index is 10.1. The van der Waals surface area contributed by atoms with Crippen molar-refractivity contribution in [3.05, 3.63) is 0 Å². The van der Waals surface area contributed by atoms with Gasteiger partial charge in [-0.05, 0) is 0 Å². The van der Waals surface area contributed by atoms with E-state index in [1.807, 2.05) is 0 Å². The summed E-state index contributed by atoms with van der Waals surface area (Å²) in [6.07, 6.45) is 0. The van der Waals surface area contributed by atoms with Gasteiger partial charge in [0.2, 0.25) is 0 Å². The predicted octanol–water partition coefficient (Wildman–Crippen LogP) is -1.44. The van der Waals surface area contributed by atoms with Crippen molar-refractivity contribution in [2.75, 3.05) is 6.61 Å². The van der Waals surface area contributed by atoms with Crippen LogP contribution in [0.2, 0.25) is 0 Å². The maximum Gasteiger partial charge on any atom is 0.385 e. The Bertz CT molecular complexity index is 229. The van der Waals surface area contributed by atoms with Crippen LogP contribution in [0.4, 0.5) is 0 Å². The molecule has 1 saturated heterocycles. The summed E-state index contributed by atoms with van der Waals surface area (Å²) in [6.45, 7) is -0.292. The third-order valence-corrected chi connectivity index (χ3v) is 1.45. The fourth-order valence-corrected chi connectivity index (χ4v) is 0.861. The number of nitrogens with zero attached hydrogens (tertiary/aromatic N) is 1. The number of rotatable bonds is 1. The van der Waals surface area contributed by atoms with Crippen LogP contribution in [0.3, 0.4) is 0 Å². The van der Waals surface area contributed by atoms with Crippen LogP contribution in [0.5, 0.6) is 0 Å². The van der Waals surface area contributed by atoms with E-state index in [-0.39, 0.29) is 11.1 Å². The Morgan fingerprint density at radius 3 is 2.22 bits per heavy atom. The SMILES string of the molecule is O=C1CON1S(=O)(=O)O. The molecule has 6 nitrogen and oxygen atoms in total. The Morgan fingerprint density at radius 1 is 1.67 bits per heavy atom. The van der Waals surface area contributed by atoms with E-state index >= 15 is 0 Å². The molecule has 0 bridgehead atoms. The van der Waals surface area contributed by atoms with Gasteiger partial charge in [-0.2, -0.15) is 8.42 Å². The molecule has 0 aliphatic carbocycles. The van der Waals surface area contributed by atoms with Crippen LogP contribution < -0.4 is 0 Å². The summed E-state index contributed by atoms with van der Waals surface area (Å²) in [7, 11) is -4.45. The van der Waals surface area contributed by atoms with Crippen molar-refractivity contribution >= 4 is 16.2 Å². The van der Waals surface area contributed by atoms with Crippen molar-refractivity contribution in [3.63, 3.8) is 0 Å². The van der Waals surface area contributed by atoms with Crippen molar-refractivity contribution in [2.24, 2.45) is 0 Å². The van der Waals surface area contributed by atoms with Gasteiger partial charge in [0, 0.05) is 0 Å². The minimum Gasteiger partial charge on any atom is -0.268 e. The topological polar surface area (TPSA) is 83.9 Å². The first-order valence-corrected chi connectivity index (χ1v) is 3.35. The van der Waals surface area contributed by atoms with Gasteiger partial charge in [-0.15, -0.1) is 0 Å². The highest BCUT2D eigenvalue weighted by atomic mass is 32.2. The van der Waals surface area contributed by atoms with Crippen LogP contribution in [0.1, 0.15) is 0 Å². The summed E-state index contributed by atoms with van der Waals surface area (Å²) in [5.41, 5.74) is 0. The normalized spacial score (nSPS) is 19.7. The Morgan fingerprint density at radius 2 is 2.22 bits per heavy atom. The molecule has 0 aromatic heterocycles. The van der Waals surface area contributed by atoms with Crippen LogP contribution in [-0.4, -0.2) is 30.0 Å². The molecule has 0 saturated carbocycles. The summed E-state index contributed by atoms with van der Waals surface area (Å²) < 4.78 is 27.9. The minimum atomic E-state index is -4.45. The molecule has 0 aromatic carbocycles. The zero-order valence-corrected chi connectivity index (χ0v) is 4.96. The highest BCUT2D eigenvalue weighted by Crippen LogP contribution is 2.08. The third-order valence-electron chi connectivity index (χ3n) is 0.718. The van der Waals surface area contributed by atoms with Crippen LogP contribution in [0.25, 0.3) is 0 Å². The van der Waals surface area contributed by atoms with E-state index in [2.05, 4.69) is 4.84 Å². The predicted molar refractivity (Wildman–Crippen MR) is 24.3 cm³/mol. The quantitative estimate of drug-likeness (QED) is 0.466. The van der Waals surface area contributed by atoms with Gasteiger partial charge in [-0.3, -0.25) is 9.35 Å². The minimum absolute atomic E-state index is 0.0764. The van der Waals surface area contributed by atoms with E-state index in [0.29, 0.717) is 0 Å². The van der Waals surface area contributed by atoms with Crippen LogP contribution in [-0.2, 0) is 19.9 Å². The molecule has 1 amide bonds. The molecule has 1 aliphatic heterocycles. The molecule has 0 radical (unpaired) electrons. The Balaban J connectivity index is 2.77. The lowest BCUT2D eigenvalue weighted by atomic mass is 10.6. The average Bonchev–Trinajstić information content (AvgIpc) is 1.57. The maximum absolute atomic E-state index is 10.1. The van der Waals surface area contributed by atoms with Gasteiger partial charge in [0.1, 0.15) is 0 Å². The Labute approximate surface area is 50.9 Å². The molecular formula is C2H3NO5S. The van der Waals surface area contributed by atoms with Gasteiger partial charge >= 0.3 is 10.3 Å². The number of hydroxylamine groups is 1. The lowest BCUT2D eigenvalue weighted by Crippen LogP contribution is -2.48. The van der Waals surface area contributed by atoms with Crippen LogP contribution in [0.15, 0.2) is 0 Å². The molecule has 0 atom stereocenters. The summed E-state index contributed by atoms with van der Waals surface area (Å²) in [4.78, 5) is 14.2. The lowest BCUT2D eigenvalue weighted by Gasteiger charge is -2.24. The van der Waals surface area contributed by atoms with Crippen molar-refractivity contribution in [3.8, 4) is 0 Å². The number of hydrogen-bond donors (Lipinski definition) is 1. The first kappa shape index (κ1) is 6.46. The van der Waals surface area contributed by atoms with E-state index in [0.717, 1.165) is 0 Å². The standard InChI is InChI=1S/C2H3NO5S/c4-2-1-8-3(2)9(5,6)7/h1H2,(H,5,6,7). The van der Waals surface area contributed by atoms with Crippen molar-refractivity contribution in [1.29, 1.82) is 0 Å². The number of carbonyl (C=O) groups is 1. The molecular weight excluding hydrogens is 150 g/mol. The van der Waals surface area contributed by atoms with Crippen molar-refractivity contribution in [2.45, 2.75) is 0 Å². The molecule has 0 aromatic rings. The van der Waals surface area contributed by atoms with Gasteiger partial charge in [0.25, 0.3) is 5.91 Å². The summed E-state index contributed by atoms with van der Waals surface area (Å²) >= 11 is 0. The monoisotopic (exact) mass is 153 g/mol. The first-order chi connectivity index (χ1) is 4.02. The number of amides is 1. The lowest BCUT2D eigenvalue weighted by molar-refractivity contribution is -0.202. The highest BCUT2D eigenvalue weighted by Gasteiger charge is 2.35. The Hall–Kier alpha value is -0.660. The summed E-state index contributed by atoms with van der Waals surface area (Å²) in [6, 6.07) is 0. The smallest absolute Gasteiger partial charge is 0.268 e. The second kappa shape index (κ2) is 1.66. The third kappa shape index (κ3) is 1.02. The van der Waals surface area contributed by atoms with E-state index < -0.39 is 16.2 Å². The van der Waals surface area contributed by atoms with E-state index in [4.69, 9.17) is 4.55 Å². The van der Waals surface area contributed by atoms with Gasteiger partial charge in [0.15, 0.2) is 6.61 Å². The molecule has 1 rings (SSSR count). The zero-order valence-electron chi connectivity index (χ0n) is 4.14. The van der Waals surface area contributed by atoms with Gasteiger partial charge in [-0.25, -0.2) is 4.84 Å². The van der Waals surface area contributed by atoms with E-state index in [9.17, 15) is 13.2 Å². The van der Waals surface area contributed by atoms with Crippen LogP contribution in [0, 0.1) is 0 Å². The summed E-state index contributed by atoms with van der Waals surface area (Å²) in [5.74, 6) is -0.766. The zero-order chi connectivity index (χ0) is 7.07. The van der Waals surface area contributed by atoms with Crippen molar-refractivity contribution in [1.82, 2.24) is 4.47 Å². The Kier molecular flexibility index (Phi) is 1.19. The molecule has 1 aliphatic rings. The second-order valence-corrected chi connectivity index (χ2v) is 2.60. The average molecular weight is 153 g/mol. The molecule has 1 N–H and O–H groups in total. The van der Waals surface area contributed by atoms with Gasteiger partial charge < -0.3 is 0 Å². The molecule has 1 fully saturated rings. The molecule has 9 heavy (non-hydrogen) atoms. The summed E-state index contributed by atoms with van der Waals surface area (Å²) in [5, 5.41) is 0. The molecule has 0 spiro atoms. The fourth-order valence-electron chi connectivity index (χ4n) is 0.365. The molecule has 1 heterocycles. The molecule has 0 unspecified atom stereocenters. The highest BCUT2D eigenvalue weighted by molar-refractivity contribution is 7.83. The van der Waals surface area contributed by atoms with Gasteiger partial charge in [-0.1, -0.05) is 4.47 Å². The van der Waals surface area contributed by atoms with E-state index in [1.54, 1.807) is 0 Å². The van der Waals surface area contributed by atoms with Gasteiger partial charge in [0.05, 0.1) is 0 Å².